The third kappa shape index (κ3) is 5.48. The van der Waals surface area contributed by atoms with Gasteiger partial charge in [0.15, 0.2) is 5.11 Å². The fraction of sp³-hybridized carbons (Fsp3) is 0.440. The van der Waals surface area contributed by atoms with Crippen molar-refractivity contribution in [2.24, 2.45) is 5.92 Å². The Bertz CT molecular complexity index is 1170. The second-order valence-corrected chi connectivity index (χ2v) is 9.38. The van der Waals surface area contributed by atoms with Gasteiger partial charge in [-0.15, -0.1) is 0 Å². The van der Waals surface area contributed by atoms with Crippen LogP contribution in [0.4, 0.5) is 37.7 Å². The molecule has 0 aliphatic carbocycles. The summed E-state index contributed by atoms with van der Waals surface area (Å²) in [6, 6.07) is 6.16. The van der Waals surface area contributed by atoms with E-state index in [9.17, 15) is 31.1 Å². The monoisotopic (exact) mass is 545 g/mol. The maximum atomic E-state index is 13.3. The molecule has 0 saturated carbocycles. The summed E-state index contributed by atoms with van der Waals surface area (Å²) < 4.78 is 85.0. The fourth-order valence-corrected chi connectivity index (χ4v) is 5.40. The van der Waals surface area contributed by atoms with E-state index in [1.807, 2.05) is 6.92 Å². The number of halogens is 6. The SMILES string of the molecule is CCOC(=O)c1ccc2c(c1)[C@@H]1[C@@H](CCN1C(=S)Nc1cc(C(F)(F)F)cc(C(F)(F)F)c1)[C@@H](CC)N2. The first-order chi connectivity index (χ1) is 17.3. The van der Waals surface area contributed by atoms with Crippen molar-refractivity contribution in [3.05, 3.63) is 58.7 Å². The summed E-state index contributed by atoms with van der Waals surface area (Å²) >= 11 is 5.51. The van der Waals surface area contributed by atoms with Crippen LogP contribution in [0.15, 0.2) is 36.4 Å². The Labute approximate surface area is 215 Å². The van der Waals surface area contributed by atoms with E-state index in [1.165, 1.54) is 0 Å². The largest absolute Gasteiger partial charge is 0.462 e. The number of carbonyl (C=O) groups excluding carboxylic acids is 1. The first-order valence-electron chi connectivity index (χ1n) is 11.8. The second-order valence-electron chi connectivity index (χ2n) is 9.00. The number of anilines is 2. The number of likely N-dealkylation sites (tertiary alicyclic amines) is 1. The predicted molar refractivity (Wildman–Crippen MR) is 130 cm³/mol. The van der Waals surface area contributed by atoms with Crippen LogP contribution < -0.4 is 10.6 Å². The summed E-state index contributed by atoms with van der Waals surface area (Å²) in [4.78, 5) is 14.1. The van der Waals surface area contributed by atoms with E-state index in [0.29, 0.717) is 30.7 Å². The number of rotatable bonds is 4. The predicted octanol–water partition coefficient (Wildman–Crippen LogP) is 6.87. The van der Waals surface area contributed by atoms with Crippen molar-refractivity contribution in [2.75, 3.05) is 23.8 Å². The molecule has 3 atom stereocenters. The summed E-state index contributed by atoms with van der Waals surface area (Å²) in [5.74, 6) is -0.435. The molecule has 1 fully saturated rings. The number of esters is 1. The summed E-state index contributed by atoms with van der Waals surface area (Å²) in [5, 5.41) is 6.09. The van der Waals surface area contributed by atoms with Gasteiger partial charge in [-0.1, -0.05) is 6.92 Å². The molecule has 0 bridgehead atoms. The molecule has 0 aromatic heterocycles. The van der Waals surface area contributed by atoms with Gasteiger partial charge in [-0.2, -0.15) is 26.3 Å². The highest BCUT2D eigenvalue weighted by molar-refractivity contribution is 7.80. The number of hydrogen-bond acceptors (Lipinski definition) is 4. The number of fused-ring (bicyclic) bond motifs is 3. The second kappa shape index (κ2) is 10.0. The lowest BCUT2D eigenvalue weighted by molar-refractivity contribution is -0.143. The molecule has 200 valence electrons. The standard InChI is InChI=1S/C25H25F6N3O2S/c1-3-19-17-7-8-34(21(17)18-9-13(22(35)36-4-2)5-6-20(18)33-19)23(37)32-16-11-14(24(26,27)28)10-15(12-16)25(29,30)31/h5-6,9-12,17,19,21,33H,3-4,7-8H2,1-2H3,(H,32,37)/t17-,19+,21-/m0/s1. The molecule has 12 heteroatoms. The number of benzene rings is 2. The molecule has 0 unspecified atom stereocenters. The molecular weight excluding hydrogens is 520 g/mol. The van der Waals surface area contributed by atoms with E-state index in [2.05, 4.69) is 10.6 Å². The highest BCUT2D eigenvalue weighted by Crippen LogP contribution is 2.48. The fourth-order valence-electron chi connectivity index (χ4n) is 5.08. The Kier molecular flexibility index (Phi) is 7.33. The molecule has 2 aliphatic rings. The molecule has 4 rings (SSSR count). The van der Waals surface area contributed by atoms with E-state index < -0.39 is 35.1 Å². The zero-order chi connectivity index (χ0) is 27.1. The van der Waals surface area contributed by atoms with Crippen molar-refractivity contribution in [3.63, 3.8) is 0 Å². The van der Waals surface area contributed by atoms with Crippen molar-refractivity contribution in [1.29, 1.82) is 0 Å². The first kappa shape index (κ1) is 27.0. The molecule has 2 aromatic rings. The van der Waals surface area contributed by atoms with Gasteiger partial charge in [0.1, 0.15) is 0 Å². The quantitative estimate of drug-likeness (QED) is 0.249. The van der Waals surface area contributed by atoms with Crippen LogP contribution in [0.3, 0.4) is 0 Å². The minimum absolute atomic E-state index is 0.00388. The maximum Gasteiger partial charge on any atom is 0.416 e. The molecule has 2 aliphatic heterocycles. The van der Waals surface area contributed by atoms with E-state index in [0.717, 1.165) is 17.7 Å². The van der Waals surface area contributed by atoms with E-state index in [1.54, 1.807) is 30.0 Å². The molecule has 0 spiro atoms. The Morgan fingerprint density at radius 3 is 2.30 bits per heavy atom. The minimum Gasteiger partial charge on any atom is -0.462 e. The highest BCUT2D eigenvalue weighted by atomic mass is 32.1. The van der Waals surface area contributed by atoms with Gasteiger partial charge < -0.3 is 20.3 Å². The molecule has 1 saturated heterocycles. The van der Waals surface area contributed by atoms with Crippen molar-refractivity contribution < 1.29 is 35.9 Å². The highest BCUT2D eigenvalue weighted by Gasteiger charge is 2.45. The number of ether oxygens (including phenoxy) is 1. The number of carbonyl (C=O) groups is 1. The minimum atomic E-state index is -4.97. The smallest absolute Gasteiger partial charge is 0.416 e. The van der Waals surface area contributed by atoms with Crippen LogP contribution >= 0.6 is 12.2 Å². The van der Waals surface area contributed by atoms with E-state index in [4.69, 9.17) is 17.0 Å². The Morgan fingerprint density at radius 1 is 1.08 bits per heavy atom. The summed E-state index contributed by atoms with van der Waals surface area (Å²) in [5.41, 5.74) is -1.36. The maximum absolute atomic E-state index is 13.3. The number of hydrogen-bond donors (Lipinski definition) is 2. The van der Waals surface area contributed by atoms with Crippen molar-refractivity contribution in [2.45, 2.75) is 51.1 Å². The lowest BCUT2D eigenvalue weighted by atomic mass is 9.81. The Morgan fingerprint density at radius 2 is 1.73 bits per heavy atom. The van der Waals surface area contributed by atoms with E-state index >= 15 is 0 Å². The van der Waals surface area contributed by atoms with Gasteiger partial charge in [-0.25, -0.2) is 4.79 Å². The lowest BCUT2D eigenvalue weighted by Gasteiger charge is -2.40. The summed E-state index contributed by atoms with van der Waals surface area (Å²) in [6.07, 6.45) is -8.46. The lowest BCUT2D eigenvalue weighted by Crippen LogP contribution is -2.42. The number of alkyl halides is 6. The average molecular weight is 546 g/mol. The van der Waals surface area contributed by atoms with Crippen LogP contribution in [0.5, 0.6) is 0 Å². The van der Waals surface area contributed by atoms with Crippen LogP contribution in [0.25, 0.3) is 0 Å². The van der Waals surface area contributed by atoms with Crippen LogP contribution in [0.2, 0.25) is 0 Å². The van der Waals surface area contributed by atoms with Gasteiger partial charge in [0.05, 0.1) is 29.3 Å². The molecule has 5 nitrogen and oxygen atoms in total. The number of nitrogens with one attached hydrogen (secondary N) is 2. The molecule has 2 heterocycles. The average Bonchev–Trinajstić information content (AvgIpc) is 3.28. The van der Waals surface area contributed by atoms with Crippen molar-refractivity contribution >= 4 is 34.7 Å². The van der Waals surface area contributed by atoms with Crippen LogP contribution in [0, 0.1) is 5.92 Å². The number of thiocarbonyl (C=S) groups is 1. The number of nitrogens with zero attached hydrogens (tertiary/aromatic N) is 1. The third-order valence-electron chi connectivity index (χ3n) is 6.72. The normalized spacial score (nSPS) is 21.1. The van der Waals surface area contributed by atoms with Crippen LogP contribution in [-0.2, 0) is 17.1 Å². The molecule has 0 radical (unpaired) electrons. The zero-order valence-corrected chi connectivity index (χ0v) is 20.8. The topological polar surface area (TPSA) is 53.6 Å². The Hall–Kier alpha value is -3.02. The molecule has 37 heavy (non-hydrogen) atoms. The van der Waals surface area contributed by atoms with Crippen molar-refractivity contribution in [3.8, 4) is 0 Å². The summed E-state index contributed by atoms with van der Waals surface area (Å²) in [6.45, 7) is 4.36. The van der Waals surface area contributed by atoms with E-state index in [-0.39, 0.29) is 35.8 Å². The molecule has 0 amide bonds. The van der Waals surface area contributed by atoms with Gasteiger partial charge in [0, 0.05) is 29.9 Å². The molecule has 2 N–H and O–H groups in total. The van der Waals surface area contributed by atoms with Gasteiger partial charge in [0.2, 0.25) is 0 Å². The third-order valence-corrected chi connectivity index (χ3v) is 7.06. The Balaban J connectivity index is 1.68. The van der Waals surface area contributed by atoms with Gasteiger partial charge >= 0.3 is 18.3 Å². The van der Waals surface area contributed by atoms with Gasteiger partial charge in [0.25, 0.3) is 0 Å². The van der Waals surface area contributed by atoms with Gasteiger partial charge in [-0.3, -0.25) is 0 Å². The van der Waals surface area contributed by atoms with Crippen LogP contribution in [-0.4, -0.2) is 35.2 Å². The summed E-state index contributed by atoms with van der Waals surface area (Å²) in [7, 11) is 0. The molecular formula is C25H25F6N3O2S. The zero-order valence-electron chi connectivity index (χ0n) is 20.0. The molecule has 2 aromatic carbocycles. The van der Waals surface area contributed by atoms with Crippen LogP contribution in [0.1, 0.15) is 59.8 Å². The van der Waals surface area contributed by atoms with Crippen molar-refractivity contribution in [1.82, 2.24) is 4.90 Å². The first-order valence-corrected chi connectivity index (χ1v) is 12.2. The van der Waals surface area contributed by atoms with Gasteiger partial charge in [-0.05, 0) is 73.9 Å².